The van der Waals surface area contributed by atoms with Crippen LogP contribution in [0, 0.1) is 5.82 Å². The second kappa shape index (κ2) is 6.64. The zero-order valence-electron chi connectivity index (χ0n) is 14.4. The van der Waals surface area contributed by atoms with Gasteiger partial charge in [-0.05, 0) is 47.5 Å². The van der Waals surface area contributed by atoms with Crippen LogP contribution in [0.5, 0.6) is 0 Å². The molecular formula is C22H18FNO2. The van der Waals surface area contributed by atoms with Crippen molar-refractivity contribution in [2.75, 3.05) is 6.61 Å². The molecule has 130 valence electrons. The number of hydrogen-bond acceptors (Lipinski definition) is 2. The monoisotopic (exact) mass is 347 g/mol. The second-order valence-corrected chi connectivity index (χ2v) is 6.18. The summed E-state index contributed by atoms with van der Waals surface area (Å²) in [5, 5.41) is 2.97. The maximum absolute atomic E-state index is 13.6. The van der Waals surface area contributed by atoms with Crippen molar-refractivity contribution in [2.45, 2.75) is 13.5 Å². The summed E-state index contributed by atoms with van der Waals surface area (Å²) in [6, 6.07) is 20.5. The first-order valence-electron chi connectivity index (χ1n) is 8.60. The van der Waals surface area contributed by atoms with Gasteiger partial charge >= 0.3 is 5.97 Å². The van der Waals surface area contributed by atoms with Gasteiger partial charge in [0.05, 0.1) is 6.61 Å². The normalized spacial score (nSPS) is 11.2. The van der Waals surface area contributed by atoms with Crippen molar-refractivity contribution in [2.24, 2.45) is 0 Å². The van der Waals surface area contributed by atoms with Crippen LogP contribution in [0.1, 0.15) is 23.0 Å². The third-order valence-electron chi connectivity index (χ3n) is 4.56. The van der Waals surface area contributed by atoms with Crippen LogP contribution in [-0.2, 0) is 11.3 Å². The van der Waals surface area contributed by atoms with E-state index in [1.165, 1.54) is 12.1 Å². The quantitative estimate of drug-likeness (QED) is 0.478. The maximum atomic E-state index is 13.6. The van der Waals surface area contributed by atoms with Gasteiger partial charge in [0.2, 0.25) is 0 Å². The average Bonchev–Trinajstić information content (AvgIpc) is 3.00. The molecule has 0 atom stereocenters. The molecule has 0 bridgehead atoms. The zero-order chi connectivity index (χ0) is 18.1. The molecule has 0 aliphatic rings. The number of hydrogen-bond donors (Lipinski definition) is 0. The molecule has 3 aromatic carbocycles. The molecule has 3 nitrogen and oxygen atoms in total. The van der Waals surface area contributed by atoms with Crippen LogP contribution in [0.2, 0.25) is 0 Å². The molecule has 0 amide bonds. The van der Waals surface area contributed by atoms with Crippen molar-refractivity contribution in [1.29, 1.82) is 0 Å². The van der Waals surface area contributed by atoms with Crippen LogP contribution >= 0.6 is 0 Å². The van der Waals surface area contributed by atoms with Gasteiger partial charge in [0.1, 0.15) is 11.5 Å². The highest BCUT2D eigenvalue weighted by Gasteiger charge is 2.18. The average molecular weight is 347 g/mol. The molecule has 4 heteroatoms. The number of esters is 1. The smallest absolute Gasteiger partial charge is 0.354 e. The molecule has 4 rings (SSSR count). The van der Waals surface area contributed by atoms with Gasteiger partial charge in [0.15, 0.2) is 0 Å². The third-order valence-corrected chi connectivity index (χ3v) is 4.56. The minimum atomic E-state index is -0.399. The van der Waals surface area contributed by atoms with E-state index in [4.69, 9.17) is 4.74 Å². The predicted molar refractivity (Wildman–Crippen MR) is 101 cm³/mol. The minimum Gasteiger partial charge on any atom is -0.461 e. The highest BCUT2D eigenvalue weighted by atomic mass is 19.1. The van der Waals surface area contributed by atoms with Crippen molar-refractivity contribution in [3.63, 3.8) is 0 Å². The first kappa shape index (κ1) is 16.3. The molecule has 26 heavy (non-hydrogen) atoms. The lowest BCUT2D eigenvalue weighted by molar-refractivity contribution is 0.0515. The molecule has 0 N–H and O–H groups in total. The van der Waals surface area contributed by atoms with Crippen LogP contribution < -0.4 is 0 Å². The van der Waals surface area contributed by atoms with Gasteiger partial charge in [-0.15, -0.1) is 0 Å². The van der Waals surface area contributed by atoms with Crippen LogP contribution in [0.15, 0.2) is 66.7 Å². The standard InChI is InChI=1S/C22H18FNO2/c1-2-26-22(25)21-13-17-12-18(23)10-11-20(17)24(21)14-16-8-5-7-15-6-3-4-9-19(15)16/h3-13H,2,14H2,1H3. The van der Waals surface area contributed by atoms with E-state index < -0.39 is 5.97 Å². The number of ether oxygens (including phenoxy) is 1. The largest absolute Gasteiger partial charge is 0.461 e. The van der Waals surface area contributed by atoms with E-state index in [9.17, 15) is 9.18 Å². The molecule has 1 heterocycles. The molecule has 0 radical (unpaired) electrons. The fraction of sp³-hybridized carbons (Fsp3) is 0.136. The number of rotatable bonds is 4. The molecule has 0 aliphatic carbocycles. The third kappa shape index (κ3) is 2.84. The summed E-state index contributed by atoms with van der Waals surface area (Å²) in [5.74, 6) is -0.723. The lowest BCUT2D eigenvalue weighted by atomic mass is 10.0. The predicted octanol–water partition coefficient (Wildman–Crippen LogP) is 5.16. The molecule has 0 spiro atoms. The molecule has 4 aromatic rings. The number of carbonyl (C=O) groups is 1. The number of carbonyl (C=O) groups excluding carboxylic acids is 1. The van der Waals surface area contributed by atoms with E-state index in [1.807, 2.05) is 28.8 Å². The molecule has 0 fully saturated rings. The van der Waals surface area contributed by atoms with Crippen LogP contribution in [0.3, 0.4) is 0 Å². The Bertz CT molecular complexity index is 1110. The first-order chi connectivity index (χ1) is 12.7. The van der Waals surface area contributed by atoms with Gasteiger partial charge in [0, 0.05) is 17.4 Å². The van der Waals surface area contributed by atoms with Gasteiger partial charge in [-0.25, -0.2) is 9.18 Å². The molecule has 0 saturated heterocycles. The Morgan fingerprint density at radius 2 is 1.81 bits per heavy atom. The molecule has 1 aromatic heterocycles. The van der Waals surface area contributed by atoms with E-state index in [1.54, 1.807) is 19.1 Å². The minimum absolute atomic E-state index is 0.295. The highest BCUT2D eigenvalue weighted by Crippen LogP contribution is 2.26. The summed E-state index contributed by atoms with van der Waals surface area (Å²) < 4.78 is 20.7. The summed E-state index contributed by atoms with van der Waals surface area (Å²) in [6.07, 6.45) is 0. The van der Waals surface area contributed by atoms with E-state index in [0.29, 0.717) is 24.2 Å². The van der Waals surface area contributed by atoms with Gasteiger partial charge in [-0.2, -0.15) is 0 Å². The molecule has 0 saturated carbocycles. The Morgan fingerprint density at radius 3 is 2.65 bits per heavy atom. The topological polar surface area (TPSA) is 31.2 Å². The van der Waals surface area contributed by atoms with E-state index in [2.05, 4.69) is 18.2 Å². The molecule has 0 unspecified atom stereocenters. The van der Waals surface area contributed by atoms with Crippen LogP contribution in [0.25, 0.3) is 21.7 Å². The van der Waals surface area contributed by atoms with E-state index in [-0.39, 0.29) is 5.82 Å². The Morgan fingerprint density at radius 1 is 1.00 bits per heavy atom. The lowest BCUT2D eigenvalue weighted by Gasteiger charge is -2.12. The number of halogens is 1. The van der Waals surface area contributed by atoms with Crippen molar-refractivity contribution < 1.29 is 13.9 Å². The van der Waals surface area contributed by atoms with Crippen molar-refractivity contribution >= 4 is 27.6 Å². The Kier molecular flexibility index (Phi) is 4.17. The summed E-state index contributed by atoms with van der Waals surface area (Å²) in [5.41, 5.74) is 2.33. The second-order valence-electron chi connectivity index (χ2n) is 6.18. The zero-order valence-corrected chi connectivity index (χ0v) is 14.4. The summed E-state index contributed by atoms with van der Waals surface area (Å²) in [6.45, 7) is 2.57. The Labute approximate surface area is 150 Å². The Balaban J connectivity index is 1.89. The summed E-state index contributed by atoms with van der Waals surface area (Å²) in [7, 11) is 0. The Hall–Kier alpha value is -3.14. The molecular weight excluding hydrogens is 329 g/mol. The number of benzene rings is 3. The number of fused-ring (bicyclic) bond motifs is 2. The van der Waals surface area contributed by atoms with E-state index >= 15 is 0 Å². The van der Waals surface area contributed by atoms with Gasteiger partial charge in [0.25, 0.3) is 0 Å². The van der Waals surface area contributed by atoms with Crippen molar-refractivity contribution in [3.8, 4) is 0 Å². The summed E-state index contributed by atoms with van der Waals surface area (Å²) >= 11 is 0. The number of nitrogens with zero attached hydrogens (tertiary/aromatic N) is 1. The van der Waals surface area contributed by atoms with Crippen molar-refractivity contribution in [3.05, 3.63) is 83.8 Å². The van der Waals surface area contributed by atoms with Gasteiger partial charge in [-0.3, -0.25) is 0 Å². The van der Waals surface area contributed by atoms with E-state index in [0.717, 1.165) is 21.9 Å². The van der Waals surface area contributed by atoms with Crippen LogP contribution in [0.4, 0.5) is 4.39 Å². The highest BCUT2D eigenvalue weighted by molar-refractivity contribution is 5.96. The van der Waals surface area contributed by atoms with Crippen LogP contribution in [-0.4, -0.2) is 17.1 Å². The van der Waals surface area contributed by atoms with Gasteiger partial charge in [-0.1, -0.05) is 42.5 Å². The first-order valence-corrected chi connectivity index (χ1v) is 8.60. The number of aromatic nitrogens is 1. The molecule has 0 aliphatic heterocycles. The fourth-order valence-corrected chi connectivity index (χ4v) is 3.39. The lowest BCUT2D eigenvalue weighted by Crippen LogP contribution is -2.13. The fourth-order valence-electron chi connectivity index (χ4n) is 3.39. The van der Waals surface area contributed by atoms with Crippen molar-refractivity contribution in [1.82, 2.24) is 4.57 Å². The van der Waals surface area contributed by atoms with Gasteiger partial charge < -0.3 is 9.30 Å². The summed E-state index contributed by atoms with van der Waals surface area (Å²) in [4.78, 5) is 12.4. The maximum Gasteiger partial charge on any atom is 0.354 e. The SMILES string of the molecule is CCOC(=O)c1cc2cc(F)ccc2n1Cc1cccc2ccccc12.